The van der Waals surface area contributed by atoms with Crippen LogP contribution in [0.4, 0.5) is 5.69 Å². The molecule has 2 atom stereocenters. The van der Waals surface area contributed by atoms with E-state index in [0.717, 1.165) is 16.5 Å². The first-order valence-corrected chi connectivity index (χ1v) is 13.8. The number of hydrogen-bond acceptors (Lipinski definition) is 6. The van der Waals surface area contributed by atoms with Crippen molar-refractivity contribution in [3.63, 3.8) is 0 Å². The Kier molecular flexibility index (Phi) is 5.83. The number of sulfonamides is 1. The van der Waals surface area contributed by atoms with Crippen molar-refractivity contribution < 1.29 is 13.2 Å². The topological polar surface area (TPSA) is 124 Å². The normalized spacial score (nSPS) is 18.5. The number of pyridine rings is 1. The van der Waals surface area contributed by atoms with Crippen LogP contribution in [0, 0.1) is 0 Å². The molecule has 3 aromatic heterocycles. The molecule has 2 aromatic carbocycles. The summed E-state index contributed by atoms with van der Waals surface area (Å²) in [6.45, 7) is 0. The van der Waals surface area contributed by atoms with Gasteiger partial charge in [-0.2, -0.15) is 10.2 Å². The van der Waals surface area contributed by atoms with Crippen LogP contribution in [0.3, 0.4) is 0 Å². The van der Waals surface area contributed by atoms with Crippen LogP contribution in [0.25, 0.3) is 16.6 Å². The quantitative estimate of drug-likeness (QED) is 0.362. The van der Waals surface area contributed by atoms with Gasteiger partial charge in [0.15, 0.2) is 0 Å². The highest BCUT2D eigenvalue weighted by Crippen LogP contribution is 2.40. The van der Waals surface area contributed by atoms with Crippen LogP contribution >= 0.6 is 0 Å². The minimum Gasteiger partial charge on any atom is -0.344 e. The van der Waals surface area contributed by atoms with E-state index in [0.29, 0.717) is 11.4 Å². The van der Waals surface area contributed by atoms with Crippen molar-refractivity contribution in [1.29, 1.82) is 0 Å². The summed E-state index contributed by atoms with van der Waals surface area (Å²) in [5.74, 6) is -0.701. The van der Waals surface area contributed by atoms with Gasteiger partial charge in [0.25, 0.3) is 5.91 Å². The van der Waals surface area contributed by atoms with Gasteiger partial charge in [0.1, 0.15) is 5.69 Å². The van der Waals surface area contributed by atoms with Gasteiger partial charge in [0, 0.05) is 37.9 Å². The fraction of sp³-hybridized carbons (Fsp3) is 0.185. The third-order valence-corrected chi connectivity index (χ3v) is 8.67. The zero-order valence-electron chi connectivity index (χ0n) is 21.2. The summed E-state index contributed by atoms with van der Waals surface area (Å²) in [4.78, 5) is 24.8. The van der Waals surface area contributed by atoms with Gasteiger partial charge in [-0.25, -0.2) is 13.1 Å². The highest BCUT2D eigenvalue weighted by molar-refractivity contribution is 7.93. The summed E-state index contributed by atoms with van der Waals surface area (Å²) in [5.41, 5.74) is 2.76. The molecule has 1 fully saturated rings. The van der Waals surface area contributed by atoms with Gasteiger partial charge < -0.3 is 9.88 Å². The van der Waals surface area contributed by atoms with E-state index in [-0.39, 0.29) is 17.0 Å². The number of anilines is 1. The summed E-state index contributed by atoms with van der Waals surface area (Å²) >= 11 is 0. The number of aryl methyl sites for hydroxylation is 2. The van der Waals surface area contributed by atoms with E-state index in [1.54, 1.807) is 67.7 Å². The van der Waals surface area contributed by atoms with Crippen LogP contribution in [-0.2, 0) is 24.1 Å². The molecule has 0 radical (unpaired) electrons. The number of carbonyl (C=O) groups excluding carboxylic acids is 1. The summed E-state index contributed by atoms with van der Waals surface area (Å²) in [7, 11) is -0.428. The second-order valence-electron chi connectivity index (χ2n) is 9.52. The minimum atomic E-state index is -3.81. The fourth-order valence-corrected chi connectivity index (χ4v) is 6.97. The lowest BCUT2D eigenvalue weighted by atomic mass is 9.99. The maximum Gasteiger partial charge on any atom is 0.272 e. The van der Waals surface area contributed by atoms with Crippen LogP contribution < -0.4 is 15.2 Å². The molecule has 0 saturated carbocycles. The molecule has 39 heavy (non-hydrogen) atoms. The summed E-state index contributed by atoms with van der Waals surface area (Å²) < 4.78 is 33.3. The van der Waals surface area contributed by atoms with E-state index >= 15 is 0 Å². The Bertz CT molecular complexity index is 1870. The molecule has 0 bridgehead atoms. The summed E-state index contributed by atoms with van der Waals surface area (Å²) in [6, 6.07) is 17.9. The van der Waals surface area contributed by atoms with E-state index < -0.39 is 28.0 Å². The van der Waals surface area contributed by atoms with Gasteiger partial charge in [0.05, 0.1) is 40.9 Å². The van der Waals surface area contributed by atoms with E-state index in [1.165, 1.54) is 19.6 Å². The Balaban J connectivity index is 1.41. The van der Waals surface area contributed by atoms with Gasteiger partial charge >= 0.3 is 0 Å². The second kappa shape index (κ2) is 9.24. The van der Waals surface area contributed by atoms with Crippen LogP contribution in [0.2, 0.25) is 0 Å². The monoisotopic (exact) mass is 543 g/mol. The molecule has 0 spiro atoms. The molecular weight excluding hydrogens is 518 g/mol. The lowest BCUT2D eigenvalue weighted by Crippen LogP contribution is -2.41. The molecule has 1 aliphatic rings. The third kappa shape index (κ3) is 4.38. The molecule has 1 amide bonds. The van der Waals surface area contributed by atoms with Gasteiger partial charge in [-0.15, -0.1) is 0 Å². The minimum absolute atomic E-state index is 0.131. The second-order valence-corrected chi connectivity index (χ2v) is 11.4. The van der Waals surface area contributed by atoms with Crippen molar-refractivity contribution in [1.82, 2.24) is 29.4 Å². The number of amides is 1. The number of carbonyl (C=O) groups is 1. The van der Waals surface area contributed by atoms with Crippen LogP contribution in [0.15, 0.2) is 90.1 Å². The average Bonchev–Trinajstić information content (AvgIpc) is 3.60. The average molecular weight is 544 g/mol. The first-order chi connectivity index (χ1) is 18.7. The van der Waals surface area contributed by atoms with E-state index in [1.807, 2.05) is 30.3 Å². The molecule has 6 rings (SSSR count). The molecule has 1 saturated heterocycles. The number of rotatable bonds is 5. The molecule has 12 heteroatoms. The van der Waals surface area contributed by atoms with Crippen molar-refractivity contribution in [3.05, 3.63) is 107 Å². The Morgan fingerprint density at radius 2 is 1.77 bits per heavy atom. The van der Waals surface area contributed by atoms with Gasteiger partial charge in [-0.1, -0.05) is 30.3 Å². The lowest BCUT2D eigenvalue weighted by Gasteiger charge is -2.28. The van der Waals surface area contributed by atoms with Crippen molar-refractivity contribution >= 4 is 32.5 Å². The van der Waals surface area contributed by atoms with E-state index in [2.05, 4.69) is 15.5 Å². The van der Waals surface area contributed by atoms with Crippen molar-refractivity contribution in [2.24, 2.45) is 14.1 Å². The molecule has 1 unspecified atom stereocenters. The maximum atomic E-state index is 13.6. The number of nitrogens with zero attached hydrogens (tertiary/aromatic N) is 6. The number of nitrogens with one attached hydrogen (secondary N) is 1. The van der Waals surface area contributed by atoms with Gasteiger partial charge in [0.2, 0.25) is 15.6 Å². The zero-order chi connectivity index (χ0) is 27.3. The van der Waals surface area contributed by atoms with Crippen molar-refractivity contribution in [3.8, 4) is 5.69 Å². The molecule has 1 N–H and O–H groups in total. The highest BCUT2D eigenvalue weighted by Gasteiger charge is 2.47. The molecular formula is C27H25N7O4S. The van der Waals surface area contributed by atoms with E-state index in [4.69, 9.17) is 0 Å². The molecule has 1 aliphatic heterocycles. The maximum absolute atomic E-state index is 13.6. The Morgan fingerprint density at radius 1 is 1.00 bits per heavy atom. The van der Waals surface area contributed by atoms with Crippen molar-refractivity contribution in [2.45, 2.75) is 12.1 Å². The van der Waals surface area contributed by atoms with Gasteiger partial charge in [-0.05, 0) is 35.9 Å². The number of hydrogen-bond donors (Lipinski definition) is 1. The highest BCUT2D eigenvalue weighted by atomic mass is 32.2. The van der Waals surface area contributed by atoms with Crippen LogP contribution in [0.1, 0.15) is 22.1 Å². The van der Waals surface area contributed by atoms with Crippen molar-refractivity contribution in [2.75, 3.05) is 10.1 Å². The standard InChI is InChI=1S/C27H25N7O4S/c1-31-16-21(9-11-25(31)35)33-24-10-8-20(14-19(24)15-28-33)34-26(18-6-4-3-5-7-18)23(17-39(34,37)38)29-27(36)22-12-13-32(2)30-22/h3-16,23,26H,17H2,1-2H3,(H,29,36)/t23?,26-/m1/s1. The molecule has 0 aliphatic carbocycles. The number of benzene rings is 2. The number of fused-ring (bicyclic) bond motifs is 1. The summed E-state index contributed by atoms with van der Waals surface area (Å²) in [5, 5.41) is 12.3. The lowest BCUT2D eigenvalue weighted by molar-refractivity contribution is 0.0931. The first kappa shape index (κ1) is 24.6. The smallest absolute Gasteiger partial charge is 0.272 e. The molecule has 198 valence electrons. The Morgan fingerprint density at radius 3 is 2.49 bits per heavy atom. The van der Waals surface area contributed by atoms with Gasteiger partial charge in [-0.3, -0.25) is 18.6 Å². The fourth-order valence-electron chi connectivity index (χ4n) is 5.04. The first-order valence-electron chi connectivity index (χ1n) is 12.2. The Labute approximate surface area is 224 Å². The molecule has 11 nitrogen and oxygen atoms in total. The largest absolute Gasteiger partial charge is 0.344 e. The summed E-state index contributed by atoms with van der Waals surface area (Å²) in [6.07, 6.45) is 5.00. The predicted molar refractivity (Wildman–Crippen MR) is 146 cm³/mol. The third-order valence-electron chi connectivity index (χ3n) is 6.85. The zero-order valence-corrected chi connectivity index (χ0v) is 22.0. The van der Waals surface area contributed by atoms with E-state index in [9.17, 15) is 18.0 Å². The van der Waals surface area contributed by atoms with Crippen LogP contribution in [-0.4, -0.2) is 50.2 Å². The predicted octanol–water partition coefficient (Wildman–Crippen LogP) is 2.15. The molecule has 4 heterocycles. The van der Waals surface area contributed by atoms with Crippen LogP contribution in [0.5, 0.6) is 0 Å². The SMILES string of the molecule is Cn1ccc(C(=O)NC2CS(=O)(=O)N(c3ccc4c(cnn4-c4ccc(=O)n(C)c4)c3)[C@@H]2c2ccccc2)n1. The number of aromatic nitrogens is 5. The Hall–Kier alpha value is -4.71. The molecule has 5 aromatic rings.